The number of amides is 1. The van der Waals surface area contributed by atoms with E-state index < -0.39 is 25.8 Å². The molecule has 1 heterocycles. The molecule has 1 amide bonds. The Kier molecular flexibility index (Phi) is 6.13. The Labute approximate surface area is 185 Å². The Morgan fingerprint density at radius 2 is 1.61 bits per heavy atom. The molecule has 0 aromatic heterocycles. The van der Waals surface area contributed by atoms with Gasteiger partial charge in [0.25, 0.3) is 10.1 Å². The van der Waals surface area contributed by atoms with Crippen molar-refractivity contribution < 1.29 is 17.6 Å². The predicted molar refractivity (Wildman–Crippen MR) is 121 cm³/mol. The summed E-state index contributed by atoms with van der Waals surface area (Å²) in [5, 5.41) is 5.47. The van der Waals surface area contributed by atoms with Crippen LogP contribution in [-0.2, 0) is 21.2 Å². The molecule has 0 aliphatic carbocycles. The fourth-order valence-electron chi connectivity index (χ4n) is 3.46. The molecule has 1 saturated heterocycles. The van der Waals surface area contributed by atoms with Crippen LogP contribution in [-0.4, -0.2) is 30.8 Å². The number of carbonyl (C=O) groups is 1. The van der Waals surface area contributed by atoms with Crippen molar-refractivity contribution in [1.82, 2.24) is 10.6 Å². The molecule has 1 aliphatic heterocycles. The van der Waals surface area contributed by atoms with Gasteiger partial charge in [0.15, 0.2) is 0 Å². The van der Waals surface area contributed by atoms with Crippen molar-refractivity contribution in [2.75, 3.05) is 12.3 Å². The van der Waals surface area contributed by atoms with E-state index in [0.29, 0.717) is 17.9 Å². The minimum absolute atomic E-state index is 0.0510. The smallest absolute Gasteiger partial charge is 0.267 e. The van der Waals surface area contributed by atoms with Gasteiger partial charge in [-0.2, -0.15) is 0 Å². The van der Waals surface area contributed by atoms with E-state index in [2.05, 4.69) is 10.6 Å². The maximum atomic E-state index is 13.9. The molecule has 1 atom stereocenters. The lowest BCUT2D eigenvalue weighted by Crippen LogP contribution is -2.56. The van der Waals surface area contributed by atoms with Crippen LogP contribution in [0.3, 0.4) is 0 Å². The minimum Gasteiger partial charge on any atom is -0.349 e. The van der Waals surface area contributed by atoms with Gasteiger partial charge in [-0.1, -0.05) is 60.7 Å². The highest BCUT2D eigenvalue weighted by Crippen LogP contribution is 2.38. The molecule has 0 spiro atoms. The van der Waals surface area contributed by atoms with Gasteiger partial charge >= 0.3 is 0 Å². The average Bonchev–Trinajstić information content (AvgIpc) is 3.31. The Bertz CT molecular complexity index is 1180. The molecule has 5 nitrogen and oxygen atoms in total. The van der Waals surface area contributed by atoms with E-state index in [0.717, 1.165) is 22.9 Å². The van der Waals surface area contributed by atoms with Gasteiger partial charge in [-0.15, -0.1) is 11.8 Å². The molecule has 31 heavy (non-hydrogen) atoms. The highest BCUT2D eigenvalue weighted by atomic mass is 32.3. The standard InChI is InChI=1S/C23H21FN2O3S2/c24-21-9-5-4-8-19(21)16-25-22(27)23(26-14-15-30-23)31(28,29)20-12-10-18(11-13-20)17-6-2-1-3-7-17/h1-13,26H,14-16H2,(H,25,27). The average molecular weight is 457 g/mol. The largest absolute Gasteiger partial charge is 0.349 e. The fourth-order valence-corrected chi connectivity index (χ4v) is 6.95. The molecule has 3 aromatic carbocycles. The zero-order valence-electron chi connectivity index (χ0n) is 16.5. The number of hydrogen-bond acceptors (Lipinski definition) is 5. The number of nitrogens with one attached hydrogen (secondary N) is 2. The van der Waals surface area contributed by atoms with Crippen LogP contribution >= 0.6 is 11.8 Å². The lowest BCUT2D eigenvalue weighted by Gasteiger charge is -2.27. The third-order valence-corrected chi connectivity index (χ3v) is 9.25. The van der Waals surface area contributed by atoms with E-state index in [4.69, 9.17) is 0 Å². The van der Waals surface area contributed by atoms with Crippen LogP contribution in [0, 0.1) is 5.82 Å². The van der Waals surface area contributed by atoms with Gasteiger partial charge in [0.1, 0.15) is 5.82 Å². The Balaban J connectivity index is 1.60. The predicted octanol–water partition coefficient (Wildman–Crippen LogP) is 3.57. The molecule has 1 aliphatic rings. The van der Waals surface area contributed by atoms with Crippen molar-refractivity contribution in [1.29, 1.82) is 0 Å². The van der Waals surface area contributed by atoms with E-state index in [9.17, 15) is 17.6 Å². The maximum absolute atomic E-state index is 13.9. The van der Waals surface area contributed by atoms with Crippen molar-refractivity contribution >= 4 is 27.5 Å². The van der Waals surface area contributed by atoms with Crippen LogP contribution in [0.5, 0.6) is 0 Å². The number of rotatable bonds is 6. The normalized spacial score (nSPS) is 18.6. The summed E-state index contributed by atoms with van der Waals surface area (Å²) in [6, 6.07) is 22.2. The lowest BCUT2D eigenvalue weighted by atomic mass is 10.1. The van der Waals surface area contributed by atoms with Gasteiger partial charge in [0.2, 0.25) is 9.84 Å². The summed E-state index contributed by atoms with van der Waals surface area (Å²) >= 11 is 1.03. The van der Waals surface area contributed by atoms with Crippen LogP contribution in [0.2, 0.25) is 0 Å². The first kappa shape index (κ1) is 21.5. The molecule has 8 heteroatoms. The number of halogens is 1. The number of carbonyl (C=O) groups excluding carboxylic acids is 1. The highest BCUT2D eigenvalue weighted by Gasteiger charge is 2.54. The molecule has 3 aromatic rings. The molecule has 0 saturated carbocycles. The highest BCUT2D eigenvalue weighted by molar-refractivity contribution is 8.16. The van der Waals surface area contributed by atoms with Gasteiger partial charge in [-0.3, -0.25) is 10.1 Å². The van der Waals surface area contributed by atoms with E-state index in [1.807, 2.05) is 30.3 Å². The molecule has 4 rings (SSSR count). The van der Waals surface area contributed by atoms with E-state index >= 15 is 0 Å². The molecular formula is C23H21FN2O3S2. The summed E-state index contributed by atoms with van der Waals surface area (Å²) in [7, 11) is -4.07. The maximum Gasteiger partial charge on any atom is 0.267 e. The summed E-state index contributed by atoms with van der Waals surface area (Å²) in [6.07, 6.45) is 0. The van der Waals surface area contributed by atoms with Gasteiger partial charge in [-0.25, -0.2) is 12.8 Å². The summed E-state index contributed by atoms with van der Waals surface area (Å²) in [6.45, 7) is 0.275. The first-order valence-corrected chi connectivity index (χ1v) is 12.2. The third kappa shape index (κ3) is 4.11. The third-order valence-electron chi connectivity index (χ3n) is 5.11. The van der Waals surface area contributed by atoms with E-state index in [-0.39, 0.29) is 11.4 Å². The second-order valence-corrected chi connectivity index (χ2v) is 10.7. The molecule has 160 valence electrons. The summed E-state index contributed by atoms with van der Waals surface area (Å²) in [5.41, 5.74) is 2.14. The molecule has 0 radical (unpaired) electrons. The first-order chi connectivity index (χ1) is 14.9. The van der Waals surface area contributed by atoms with Crippen LogP contribution in [0.25, 0.3) is 11.1 Å². The summed E-state index contributed by atoms with van der Waals surface area (Å²) < 4.78 is 39.1. The van der Waals surface area contributed by atoms with Crippen molar-refractivity contribution in [3.05, 3.63) is 90.2 Å². The van der Waals surface area contributed by atoms with Gasteiger partial charge in [-0.05, 0) is 29.3 Å². The first-order valence-electron chi connectivity index (χ1n) is 9.75. The Morgan fingerprint density at radius 1 is 0.968 bits per heavy atom. The molecule has 0 bridgehead atoms. The van der Waals surface area contributed by atoms with Crippen molar-refractivity contribution in [2.24, 2.45) is 0 Å². The van der Waals surface area contributed by atoms with Crippen LogP contribution in [0.15, 0.2) is 83.8 Å². The van der Waals surface area contributed by atoms with Crippen LogP contribution in [0.1, 0.15) is 5.56 Å². The second kappa shape index (κ2) is 8.82. The number of thioether (sulfide) groups is 1. The van der Waals surface area contributed by atoms with Crippen LogP contribution in [0.4, 0.5) is 4.39 Å². The van der Waals surface area contributed by atoms with Crippen molar-refractivity contribution in [3.63, 3.8) is 0 Å². The minimum atomic E-state index is -4.07. The zero-order chi connectivity index (χ0) is 21.9. The number of benzene rings is 3. The SMILES string of the molecule is O=C(NCc1ccccc1F)C1(S(=O)(=O)c2ccc(-c3ccccc3)cc2)NCCS1. The van der Waals surface area contributed by atoms with Crippen molar-refractivity contribution in [2.45, 2.75) is 15.6 Å². The van der Waals surface area contributed by atoms with Crippen molar-refractivity contribution in [3.8, 4) is 11.1 Å². The summed E-state index contributed by atoms with van der Waals surface area (Å²) in [5.74, 6) is -0.692. The second-order valence-electron chi connectivity index (χ2n) is 7.06. The molecule has 1 unspecified atom stereocenters. The fraction of sp³-hybridized carbons (Fsp3) is 0.174. The monoisotopic (exact) mass is 456 g/mol. The van der Waals surface area contributed by atoms with E-state index in [1.165, 1.54) is 18.2 Å². The van der Waals surface area contributed by atoms with Gasteiger partial charge < -0.3 is 5.32 Å². The number of hydrogen-bond donors (Lipinski definition) is 2. The van der Waals surface area contributed by atoms with Gasteiger partial charge in [0, 0.05) is 24.4 Å². The zero-order valence-corrected chi connectivity index (χ0v) is 18.2. The molecular weight excluding hydrogens is 435 g/mol. The number of sulfone groups is 1. The Morgan fingerprint density at radius 3 is 2.26 bits per heavy atom. The quantitative estimate of drug-likeness (QED) is 0.593. The van der Waals surface area contributed by atoms with E-state index in [1.54, 1.807) is 30.3 Å². The summed E-state index contributed by atoms with van der Waals surface area (Å²) in [4.78, 5) is 13.1. The lowest BCUT2D eigenvalue weighted by molar-refractivity contribution is -0.122. The van der Waals surface area contributed by atoms with Gasteiger partial charge in [0.05, 0.1) is 4.90 Å². The van der Waals surface area contributed by atoms with Crippen LogP contribution < -0.4 is 10.6 Å². The Hall–Kier alpha value is -2.68. The molecule has 2 N–H and O–H groups in total. The topological polar surface area (TPSA) is 75.3 Å². The molecule has 1 fully saturated rings.